The molecule has 0 fully saturated rings. The zero-order chi connectivity index (χ0) is 24.2. The normalized spacial score (nSPS) is 11.6. The molecule has 0 aliphatic carbocycles. The Kier molecular flexibility index (Phi) is 6.92. The van der Waals surface area contributed by atoms with E-state index in [4.69, 9.17) is 14.2 Å². The van der Waals surface area contributed by atoms with Crippen molar-refractivity contribution in [3.63, 3.8) is 0 Å². The summed E-state index contributed by atoms with van der Waals surface area (Å²) in [7, 11) is 0. The van der Waals surface area contributed by atoms with Crippen LogP contribution in [0.25, 0.3) is 0 Å². The van der Waals surface area contributed by atoms with E-state index in [1.165, 1.54) is 0 Å². The van der Waals surface area contributed by atoms with Crippen molar-refractivity contribution in [2.45, 2.75) is 47.1 Å². The molecule has 0 spiro atoms. The molecule has 5 heteroatoms. The first kappa shape index (κ1) is 24.1. The van der Waals surface area contributed by atoms with E-state index in [2.05, 4.69) is 0 Å². The highest BCUT2D eigenvalue weighted by molar-refractivity contribution is 6.00. The van der Waals surface area contributed by atoms with Gasteiger partial charge in [0.15, 0.2) is 5.78 Å². The topological polar surface area (TPSA) is 61.8 Å². The predicted molar refractivity (Wildman–Crippen MR) is 129 cm³/mol. The zero-order valence-electron chi connectivity index (χ0n) is 20.0. The number of rotatable bonds is 6. The van der Waals surface area contributed by atoms with Gasteiger partial charge < -0.3 is 14.2 Å². The van der Waals surface area contributed by atoms with Gasteiger partial charge in [0.25, 0.3) is 0 Å². The molecule has 33 heavy (non-hydrogen) atoms. The number of hydrogen-bond donors (Lipinski definition) is 0. The molecule has 0 heterocycles. The van der Waals surface area contributed by atoms with E-state index in [1.807, 2.05) is 65.8 Å². The molecule has 3 aromatic rings. The van der Waals surface area contributed by atoms with Gasteiger partial charge >= 0.3 is 5.97 Å². The molecule has 0 aliphatic heterocycles. The number of Topliss-reactive ketones (excluding diaryl/α,β-unsaturated/α-hetero) is 1. The van der Waals surface area contributed by atoms with E-state index < -0.39 is 11.4 Å². The van der Waals surface area contributed by atoms with Crippen LogP contribution in [0.1, 0.15) is 62.3 Å². The van der Waals surface area contributed by atoms with E-state index in [-0.39, 0.29) is 11.4 Å². The highest BCUT2D eigenvalue weighted by atomic mass is 16.5. The Morgan fingerprint density at radius 1 is 0.576 bits per heavy atom. The van der Waals surface area contributed by atoms with Gasteiger partial charge in [-0.15, -0.1) is 0 Å². The first-order valence-electron chi connectivity index (χ1n) is 10.8. The number of hydrogen-bond acceptors (Lipinski definition) is 5. The lowest BCUT2D eigenvalue weighted by Crippen LogP contribution is -2.22. The van der Waals surface area contributed by atoms with E-state index >= 15 is 0 Å². The number of ketones is 1. The summed E-state index contributed by atoms with van der Waals surface area (Å²) in [5.74, 6) is 1.99. The second-order valence-corrected chi connectivity index (χ2v) is 9.81. The molecule has 0 atom stereocenters. The van der Waals surface area contributed by atoms with Gasteiger partial charge in [-0.05, 0) is 81.4 Å². The van der Waals surface area contributed by atoms with Gasteiger partial charge in [-0.1, -0.05) is 32.9 Å². The molecular formula is C28H30O5. The SMILES string of the molecule is CC(C)(C)Oc1ccc(Oc2ccc(OC(=O)c3ccc(C(=O)C(C)(C)C)cc3)cc2)cc1. The van der Waals surface area contributed by atoms with Gasteiger partial charge in [0, 0.05) is 11.0 Å². The van der Waals surface area contributed by atoms with Crippen molar-refractivity contribution >= 4 is 11.8 Å². The highest BCUT2D eigenvalue weighted by Crippen LogP contribution is 2.27. The molecule has 0 saturated carbocycles. The summed E-state index contributed by atoms with van der Waals surface area (Å²) >= 11 is 0. The number of benzene rings is 3. The van der Waals surface area contributed by atoms with Crippen LogP contribution >= 0.6 is 0 Å². The molecule has 3 rings (SSSR count). The Morgan fingerprint density at radius 3 is 1.45 bits per heavy atom. The first-order chi connectivity index (χ1) is 15.4. The summed E-state index contributed by atoms with van der Waals surface area (Å²) in [6.45, 7) is 11.6. The Balaban J connectivity index is 1.59. The lowest BCUT2D eigenvalue weighted by molar-refractivity contribution is 0.0733. The maximum atomic E-state index is 12.4. The highest BCUT2D eigenvalue weighted by Gasteiger charge is 2.23. The summed E-state index contributed by atoms with van der Waals surface area (Å²) in [4.78, 5) is 24.8. The number of esters is 1. The second-order valence-electron chi connectivity index (χ2n) is 9.81. The van der Waals surface area contributed by atoms with Crippen LogP contribution in [0.15, 0.2) is 72.8 Å². The minimum atomic E-state index is -0.493. The summed E-state index contributed by atoms with van der Waals surface area (Å²) in [5, 5.41) is 0. The smallest absolute Gasteiger partial charge is 0.343 e. The summed E-state index contributed by atoms with van der Waals surface area (Å²) < 4.78 is 17.1. The van der Waals surface area contributed by atoms with Crippen LogP contribution in [-0.4, -0.2) is 17.4 Å². The van der Waals surface area contributed by atoms with Gasteiger partial charge in [-0.3, -0.25) is 4.79 Å². The van der Waals surface area contributed by atoms with Crippen LogP contribution in [0.3, 0.4) is 0 Å². The lowest BCUT2D eigenvalue weighted by Gasteiger charge is -2.21. The zero-order valence-corrected chi connectivity index (χ0v) is 20.0. The Labute approximate surface area is 195 Å². The molecule has 172 valence electrons. The number of carbonyl (C=O) groups is 2. The summed E-state index contributed by atoms with van der Waals surface area (Å²) in [6.07, 6.45) is 0. The summed E-state index contributed by atoms with van der Waals surface area (Å²) in [6, 6.07) is 20.7. The second kappa shape index (κ2) is 9.49. The van der Waals surface area contributed by atoms with Gasteiger partial charge in [0.2, 0.25) is 0 Å². The van der Waals surface area contributed by atoms with E-state index in [1.54, 1.807) is 48.5 Å². The van der Waals surface area contributed by atoms with Crippen LogP contribution in [0.5, 0.6) is 23.0 Å². The number of carbonyl (C=O) groups excluding carboxylic acids is 2. The average molecular weight is 447 g/mol. The number of ether oxygens (including phenoxy) is 3. The molecule has 0 aliphatic rings. The quantitative estimate of drug-likeness (QED) is 0.229. The van der Waals surface area contributed by atoms with Crippen LogP contribution in [0.4, 0.5) is 0 Å². The molecule has 0 bridgehead atoms. The van der Waals surface area contributed by atoms with E-state index in [0.29, 0.717) is 28.4 Å². The average Bonchev–Trinajstić information content (AvgIpc) is 2.74. The maximum absolute atomic E-state index is 12.4. The molecule has 0 radical (unpaired) electrons. The standard InChI is InChI=1S/C28H30O5/c1-27(2,3)25(29)19-7-9-20(10-8-19)26(30)32-23-13-11-21(12-14-23)31-22-15-17-24(18-16-22)33-28(4,5)6/h7-18H,1-6H3. The third-order valence-electron chi connectivity index (χ3n) is 4.58. The van der Waals surface area contributed by atoms with Crippen LogP contribution < -0.4 is 14.2 Å². The fourth-order valence-electron chi connectivity index (χ4n) is 3.00. The molecule has 0 saturated heterocycles. The van der Waals surface area contributed by atoms with Gasteiger partial charge in [-0.25, -0.2) is 4.79 Å². The third kappa shape index (κ3) is 6.94. The molecule has 0 aromatic heterocycles. The van der Waals surface area contributed by atoms with Crippen molar-refractivity contribution in [2.75, 3.05) is 0 Å². The van der Waals surface area contributed by atoms with Crippen molar-refractivity contribution in [1.82, 2.24) is 0 Å². The largest absolute Gasteiger partial charge is 0.488 e. The van der Waals surface area contributed by atoms with Gasteiger partial charge in [0.1, 0.15) is 28.6 Å². The Bertz CT molecular complexity index is 1100. The minimum Gasteiger partial charge on any atom is -0.488 e. The van der Waals surface area contributed by atoms with E-state index in [9.17, 15) is 9.59 Å². The lowest BCUT2D eigenvalue weighted by atomic mass is 9.86. The van der Waals surface area contributed by atoms with Crippen LogP contribution in [0, 0.1) is 5.41 Å². The van der Waals surface area contributed by atoms with Crippen molar-refractivity contribution in [1.29, 1.82) is 0 Å². The first-order valence-corrected chi connectivity index (χ1v) is 10.8. The van der Waals surface area contributed by atoms with Gasteiger partial charge in [0.05, 0.1) is 5.56 Å². The molecule has 0 unspecified atom stereocenters. The van der Waals surface area contributed by atoms with Crippen molar-refractivity contribution in [2.24, 2.45) is 5.41 Å². The maximum Gasteiger partial charge on any atom is 0.343 e. The molecule has 3 aromatic carbocycles. The third-order valence-corrected chi connectivity index (χ3v) is 4.58. The monoisotopic (exact) mass is 446 g/mol. The molecule has 5 nitrogen and oxygen atoms in total. The fourth-order valence-corrected chi connectivity index (χ4v) is 3.00. The van der Waals surface area contributed by atoms with E-state index in [0.717, 1.165) is 5.75 Å². The minimum absolute atomic E-state index is 0.0226. The van der Waals surface area contributed by atoms with Crippen molar-refractivity contribution in [3.05, 3.63) is 83.9 Å². The molecular weight excluding hydrogens is 416 g/mol. The molecule has 0 amide bonds. The van der Waals surface area contributed by atoms with Crippen molar-refractivity contribution < 1.29 is 23.8 Å². The van der Waals surface area contributed by atoms with Crippen LogP contribution in [-0.2, 0) is 0 Å². The van der Waals surface area contributed by atoms with Gasteiger partial charge in [-0.2, -0.15) is 0 Å². The Morgan fingerprint density at radius 2 is 1.00 bits per heavy atom. The van der Waals surface area contributed by atoms with Crippen LogP contribution in [0.2, 0.25) is 0 Å². The molecule has 0 N–H and O–H groups in total. The predicted octanol–water partition coefficient (Wildman–Crippen LogP) is 7.10. The Hall–Kier alpha value is -3.60. The van der Waals surface area contributed by atoms with Crippen molar-refractivity contribution in [3.8, 4) is 23.0 Å². The fraction of sp³-hybridized carbons (Fsp3) is 0.286. The summed E-state index contributed by atoms with van der Waals surface area (Å²) in [5.41, 5.74) is 0.201.